The summed E-state index contributed by atoms with van der Waals surface area (Å²) in [6.07, 6.45) is 0.763. The molecule has 7 heteroatoms. The molecular weight excluding hydrogens is 474 g/mol. The van der Waals surface area contributed by atoms with Crippen LogP contribution in [-0.2, 0) is 0 Å². The van der Waals surface area contributed by atoms with Gasteiger partial charge in [-0.2, -0.15) is 10.1 Å². The van der Waals surface area contributed by atoms with E-state index in [9.17, 15) is 0 Å². The molecule has 0 bridgehead atoms. The van der Waals surface area contributed by atoms with Crippen molar-refractivity contribution < 1.29 is 0 Å². The predicted molar refractivity (Wildman–Crippen MR) is 144 cm³/mol. The summed E-state index contributed by atoms with van der Waals surface area (Å²) in [4.78, 5) is 15.2. The van der Waals surface area contributed by atoms with Crippen LogP contribution in [0.3, 0.4) is 0 Å². The fourth-order valence-corrected chi connectivity index (χ4v) is 5.61. The van der Waals surface area contributed by atoms with Gasteiger partial charge >= 0.3 is 0 Å². The molecule has 5 nitrogen and oxygen atoms in total. The predicted octanol–water partition coefficient (Wildman–Crippen LogP) is 7.40. The topological polar surface area (TPSA) is 54.3 Å². The van der Waals surface area contributed by atoms with E-state index >= 15 is 0 Å². The third-order valence-corrected chi connectivity index (χ3v) is 7.53. The average molecular weight is 492 g/mol. The summed E-state index contributed by atoms with van der Waals surface area (Å²) in [7, 11) is 0. The van der Waals surface area contributed by atoms with E-state index in [0.717, 1.165) is 38.7 Å². The summed E-state index contributed by atoms with van der Waals surface area (Å²) >= 11 is 7.66. The first-order valence-electron chi connectivity index (χ1n) is 11.4. The van der Waals surface area contributed by atoms with Gasteiger partial charge in [0.15, 0.2) is 10.5 Å². The monoisotopic (exact) mass is 491 g/mol. The Bertz CT molecular complexity index is 1710. The SMILES string of the molecule is Clc1ccc(C2=NN(c3nc4nc5ccccc5nc4s3)C(c3ccc4ccccc4c3)C2)cc1. The number of hydrazone groups is 1. The van der Waals surface area contributed by atoms with Gasteiger partial charge < -0.3 is 0 Å². The molecular formula is C28H18ClN5S. The zero-order chi connectivity index (χ0) is 23.4. The van der Waals surface area contributed by atoms with Crippen molar-refractivity contribution in [2.24, 2.45) is 5.10 Å². The lowest BCUT2D eigenvalue weighted by atomic mass is 9.96. The van der Waals surface area contributed by atoms with Gasteiger partial charge in [0.1, 0.15) is 0 Å². The molecule has 7 rings (SSSR count). The minimum absolute atomic E-state index is 0.0141. The number of anilines is 1. The van der Waals surface area contributed by atoms with Gasteiger partial charge in [-0.1, -0.05) is 83.6 Å². The molecule has 0 radical (unpaired) electrons. The van der Waals surface area contributed by atoms with E-state index in [1.807, 2.05) is 53.5 Å². The van der Waals surface area contributed by atoms with Crippen LogP contribution in [0.2, 0.25) is 5.02 Å². The number of aromatic nitrogens is 3. The Morgan fingerprint density at radius 1 is 0.771 bits per heavy atom. The van der Waals surface area contributed by atoms with Crippen LogP contribution in [0.1, 0.15) is 23.6 Å². The number of thiazole rings is 1. The fraction of sp³-hybridized carbons (Fsp3) is 0.0714. The van der Waals surface area contributed by atoms with Crippen LogP contribution in [0.25, 0.3) is 32.3 Å². The highest BCUT2D eigenvalue weighted by atomic mass is 35.5. The van der Waals surface area contributed by atoms with Gasteiger partial charge in [-0.3, -0.25) is 0 Å². The molecule has 0 N–H and O–H groups in total. The highest BCUT2D eigenvalue weighted by Gasteiger charge is 2.32. The zero-order valence-corrected chi connectivity index (χ0v) is 20.0. The lowest BCUT2D eigenvalue weighted by molar-refractivity contribution is 0.708. The minimum atomic E-state index is 0.0141. The number of halogens is 1. The highest BCUT2D eigenvalue weighted by Crippen LogP contribution is 2.40. The van der Waals surface area contributed by atoms with Crippen molar-refractivity contribution >= 4 is 66.1 Å². The number of hydrogen-bond donors (Lipinski definition) is 0. The van der Waals surface area contributed by atoms with Crippen LogP contribution in [0.15, 0.2) is 96.1 Å². The van der Waals surface area contributed by atoms with E-state index in [4.69, 9.17) is 31.7 Å². The number of para-hydroxylation sites is 2. The maximum absolute atomic E-state index is 6.14. The first-order valence-corrected chi connectivity index (χ1v) is 12.6. The van der Waals surface area contributed by atoms with Crippen molar-refractivity contribution in [3.63, 3.8) is 0 Å². The smallest absolute Gasteiger partial charge is 0.210 e. The average Bonchev–Trinajstić information content (AvgIpc) is 3.52. The van der Waals surface area contributed by atoms with Crippen molar-refractivity contribution in [1.29, 1.82) is 0 Å². The second-order valence-corrected chi connectivity index (χ2v) is 9.95. The van der Waals surface area contributed by atoms with E-state index < -0.39 is 0 Å². The molecule has 0 fully saturated rings. The van der Waals surface area contributed by atoms with Gasteiger partial charge in [-0.25, -0.2) is 15.0 Å². The fourth-order valence-electron chi connectivity index (χ4n) is 4.59. The van der Waals surface area contributed by atoms with Crippen molar-refractivity contribution in [1.82, 2.24) is 15.0 Å². The Morgan fingerprint density at radius 3 is 2.34 bits per heavy atom. The second-order valence-electron chi connectivity index (χ2n) is 8.56. The van der Waals surface area contributed by atoms with E-state index in [2.05, 4.69) is 42.5 Å². The first-order chi connectivity index (χ1) is 17.2. The standard InChI is InChI=1S/C28H18ClN5S/c29-21-13-11-18(12-14-21)24-16-25(20-10-9-17-5-1-2-6-19(17)15-20)34(33-24)28-32-26-27(35-28)31-23-8-4-3-7-22(23)30-26/h1-15,25H,16H2. The highest BCUT2D eigenvalue weighted by molar-refractivity contribution is 7.21. The van der Waals surface area contributed by atoms with Crippen LogP contribution < -0.4 is 5.01 Å². The van der Waals surface area contributed by atoms with Crippen LogP contribution in [0, 0.1) is 0 Å². The third kappa shape index (κ3) is 3.62. The summed E-state index contributed by atoms with van der Waals surface area (Å²) < 4.78 is 0. The number of rotatable bonds is 3. The minimum Gasteiger partial charge on any atom is -0.232 e. The molecule has 35 heavy (non-hydrogen) atoms. The molecule has 2 aromatic heterocycles. The Balaban J connectivity index is 1.36. The molecule has 0 spiro atoms. The Morgan fingerprint density at radius 2 is 1.51 bits per heavy atom. The molecule has 0 saturated heterocycles. The number of hydrogen-bond acceptors (Lipinski definition) is 6. The van der Waals surface area contributed by atoms with Crippen LogP contribution in [0.5, 0.6) is 0 Å². The molecule has 1 aliphatic rings. The summed E-state index contributed by atoms with van der Waals surface area (Å²) in [6.45, 7) is 0. The molecule has 1 unspecified atom stereocenters. The Hall–Kier alpha value is -3.87. The number of fused-ring (bicyclic) bond motifs is 3. The lowest BCUT2D eigenvalue weighted by Gasteiger charge is -2.21. The summed E-state index contributed by atoms with van der Waals surface area (Å²) in [5.74, 6) is 0. The number of benzene rings is 4. The Kier molecular flexibility index (Phi) is 4.75. The van der Waals surface area contributed by atoms with E-state index in [-0.39, 0.29) is 6.04 Å². The molecule has 1 aliphatic heterocycles. The molecule has 4 aromatic carbocycles. The normalized spacial score (nSPS) is 15.9. The molecule has 168 valence electrons. The van der Waals surface area contributed by atoms with Crippen LogP contribution in [-0.4, -0.2) is 20.7 Å². The summed E-state index contributed by atoms with van der Waals surface area (Å²) in [5, 5.41) is 11.0. The van der Waals surface area contributed by atoms with E-state index in [1.165, 1.54) is 27.7 Å². The van der Waals surface area contributed by atoms with Gasteiger partial charge in [0.05, 0.1) is 22.8 Å². The zero-order valence-electron chi connectivity index (χ0n) is 18.5. The number of nitrogens with zero attached hydrogens (tertiary/aromatic N) is 5. The lowest BCUT2D eigenvalue weighted by Crippen LogP contribution is -2.18. The molecule has 3 heterocycles. The Labute approximate surface area is 210 Å². The molecule has 6 aromatic rings. The van der Waals surface area contributed by atoms with Crippen molar-refractivity contribution in [3.05, 3.63) is 107 Å². The summed E-state index contributed by atoms with van der Waals surface area (Å²) in [5.41, 5.74) is 5.62. The van der Waals surface area contributed by atoms with Crippen molar-refractivity contribution in [3.8, 4) is 0 Å². The first kappa shape index (κ1) is 20.5. The van der Waals surface area contributed by atoms with Crippen molar-refractivity contribution in [2.75, 3.05) is 5.01 Å². The molecule has 1 atom stereocenters. The maximum atomic E-state index is 6.14. The van der Waals surface area contributed by atoms with Gasteiger partial charge in [0.25, 0.3) is 0 Å². The third-order valence-electron chi connectivity index (χ3n) is 6.35. The van der Waals surface area contributed by atoms with E-state index in [1.54, 1.807) is 0 Å². The van der Waals surface area contributed by atoms with Gasteiger partial charge in [-0.05, 0) is 52.2 Å². The molecule has 0 aliphatic carbocycles. The van der Waals surface area contributed by atoms with Gasteiger partial charge in [0.2, 0.25) is 5.13 Å². The molecule has 0 saturated carbocycles. The maximum Gasteiger partial charge on any atom is 0.210 e. The van der Waals surface area contributed by atoms with E-state index in [0.29, 0.717) is 10.7 Å². The second kappa shape index (κ2) is 8.12. The molecule has 0 amide bonds. The van der Waals surface area contributed by atoms with Crippen molar-refractivity contribution in [2.45, 2.75) is 12.5 Å². The quantitative estimate of drug-likeness (QED) is 0.259. The van der Waals surface area contributed by atoms with Gasteiger partial charge in [-0.15, -0.1) is 0 Å². The van der Waals surface area contributed by atoms with Gasteiger partial charge in [0, 0.05) is 11.4 Å². The van der Waals surface area contributed by atoms with Crippen LogP contribution >= 0.6 is 22.9 Å². The van der Waals surface area contributed by atoms with Crippen LogP contribution in [0.4, 0.5) is 5.13 Å². The largest absolute Gasteiger partial charge is 0.232 e. The summed E-state index contributed by atoms with van der Waals surface area (Å²) in [6, 6.07) is 30.8.